The molecule has 1 heterocycles. The van der Waals surface area contributed by atoms with Crippen LogP contribution in [0.15, 0.2) is 12.4 Å². The number of hydrogen-bond acceptors (Lipinski definition) is 2. The Morgan fingerprint density at radius 3 is 2.62 bits per heavy atom. The molecule has 0 amide bonds. The van der Waals surface area contributed by atoms with Crippen LogP contribution in [0.3, 0.4) is 0 Å². The summed E-state index contributed by atoms with van der Waals surface area (Å²) in [4.78, 5) is 8.64. The number of hydrogen-bond donors (Lipinski definition) is 0. The van der Waals surface area contributed by atoms with E-state index in [-0.39, 0.29) is 0 Å². The van der Waals surface area contributed by atoms with E-state index in [2.05, 4.69) is 16.9 Å². The molecule has 0 radical (unpaired) electrons. The van der Waals surface area contributed by atoms with Crippen LogP contribution in [0.2, 0.25) is 0 Å². The quantitative estimate of drug-likeness (QED) is 0.610. The van der Waals surface area contributed by atoms with Crippen LogP contribution >= 0.6 is 0 Å². The molecule has 1 aliphatic carbocycles. The van der Waals surface area contributed by atoms with E-state index in [1.54, 1.807) is 12.4 Å². The van der Waals surface area contributed by atoms with Crippen molar-refractivity contribution in [2.45, 2.75) is 46.0 Å². The van der Waals surface area contributed by atoms with Gasteiger partial charge in [0, 0.05) is 18.3 Å². The van der Waals surface area contributed by atoms with E-state index in [4.69, 9.17) is 0 Å². The van der Waals surface area contributed by atoms with Crippen molar-refractivity contribution in [2.75, 3.05) is 0 Å². The molecule has 1 atom stereocenters. The van der Waals surface area contributed by atoms with E-state index < -0.39 is 0 Å². The second kappa shape index (κ2) is 4.95. The molecule has 1 aliphatic rings. The molecule has 2 heteroatoms. The van der Waals surface area contributed by atoms with Crippen LogP contribution in [0.1, 0.15) is 50.9 Å². The van der Waals surface area contributed by atoms with Crippen molar-refractivity contribution in [1.82, 2.24) is 9.97 Å². The first kappa shape index (κ1) is 10.2. The molecule has 0 spiro atoms. The van der Waals surface area contributed by atoms with Crippen molar-refractivity contribution in [3.8, 4) is 0 Å². The van der Waals surface area contributed by atoms with Crippen LogP contribution in [0.5, 0.6) is 0 Å². The van der Waals surface area contributed by atoms with E-state index in [0.29, 0.717) is 5.92 Å². The highest BCUT2D eigenvalue weighted by molar-refractivity contribution is 5.17. The summed E-state index contributed by atoms with van der Waals surface area (Å²) >= 11 is 0. The Balaban J connectivity index is 0.000000396. The molecule has 0 aromatic carbocycles. The molecule has 1 aromatic heterocycles. The highest BCUT2D eigenvalue weighted by atomic mass is 14.8. The summed E-state index contributed by atoms with van der Waals surface area (Å²) in [6, 6.07) is 0. The van der Waals surface area contributed by atoms with Gasteiger partial charge in [-0.1, -0.05) is 20.8 Å². The second-order valence-electron chi connectivity index (χ2n) is 3.18. The molecule has 2 nitrogen and oxygen atoms in total. The Bertz CT molecular complexity index is 258. The van der Waals surface area contributed by atoms with E-state index >= 15 is 0 Å². The molecule has 13 heavy (non-hydrogen) atoms. The van der Waals surface area contributed by atoms with Crippen LogP contribution in [0.25, 0.3) is 0 Å². The molecular formula is C11H18N2. The van der Waals surface area contributed by atoms with Gasteiger partial charge in [-0.25, -0.2) is 0 Å². The smallest absolute Gasteiger partial charge is 0.0646 e. The lowest BCUT2D eigenvalue weighted by Gasteiger charge is -2.18. The maximum Gasteiger partial charge on any atom is 0.0646 e. The number of aryl methyl sites for hydroxylation is 1. The molecule has 72 valence electrons. The van der Waals surface area contributed by atoms with Gasteiger partial charge in [0.15, 0.2) is 0 Å². The summed E-state index contributed by atoms with van der Waals surface area (Å²) < 4.78 is 0. The summed E-state index contributed by atoms with van der Waals surface area (Å²) in [5, 5.41) is 0. The number of fused-ring (bicyclic) bond motifs is 1. The zero-order valence-electron chi connectivity index (χ0n) is 8.75. The van der Waals surface area contributed by atoms with Crippen LogP contribution in [0.4, 0.5) is 0 Å². The average molecular weight is 178 g/mol. The van der Waals surface area contributed by atoms with Crippen molar-refractivity contribution in [2.24, 2.45) is 0 Å². The van der Waals surface area contributed by atoms with Gasteiger partial charge >= 0.3 is 0 Å². The lowest BCUT2D eigenvalue weighted by atomic mass is 9.91. The fourth-order valence-electron chi connectivity index (χ4n) is 1.69. The molecular weight excluding hydrogens is 160 g/mol. The van der Waals surface area contributed by atoms with E-state index in [0.717, 1.165) is 6.42 Å². The summed E-state index contributed by atoms with van der Waals surface area (Å²) in [7, 11) is 0. The summed E-state index contributed by atoms with van der Waals surface area (Å²) in [6.45, 7) is 6.23. The predicted octanol–water partition coefficient (Wildman–Crippen LogP) is 2.94. The summed E-state index contributed by atoms with van der Waals surface area (Å²) in [5.41, 5.74) is 2.44. The minimum Gasteiger partial charge on any atom is -0.258 e. The van der Waals surface area contributed by atoms with E-state index in [1.807, 2.05) is 13.8 Å². The topological polar surface area (TPSA) is 25.8 Å². The maximum atomic E-state index is 4.34. The lowest BCUT2D eigenvalue weighted by molar-refractivity contribution is 0.561. The van der Waals surface area contributed by atoms with Crippen molar-refractivity contribution in [3.63, 3.8) is 0 Å². The van der Waals surface area contributed by atoms with Crippen LogP contribution in [0, 0.1) is 0 Å². The van der Waals surface area contributed by atoms with E-state index in [1.165, 1.54) is 24.2 Å². The van der Waals surface area contributed by atoms with Gasteiger partial charge in [-0.2, -0.15) is 0 Å². The molecule has 0 N–H and O–H groups in total. The Morgan fingerprint density at radius 2 is 1.92 bits per heavy atom. The third-order valence-corrected chi connectivity index (χ3v) is 2.32. The molecule has 0 aliphatic heterocycles. The fourth-order valence-corrected chi connectivity index (χ4v) is 1.69. The maximum absolute atomic E-state index is 4.34. The third kappa shape index (κ3) is 2.27. The Kier molecular flexibility index (Phi) is 3.87. The number of nitrogens with zero attached hydrogens (tertiary/aromatic N) is 2. The molecule has 0 bridgehead atoms. The zero-order chi connectivity index (χ0) is 9.68. The van der Waals surface area contributed by atoms with Gasteiger partial charge in [0.2, 0.25) is 0 Å². The molecule has 1 unspecified atom stereocenters. The van der Waals surface area contributed by atoms with Crippen molar-refractivity contribution < 1.29 is 0 Å². The summed E-state index contributed by atoms with van der Waals surface area (Å²) in [6.07, 6.45) is 7.24. The monoisotopic (exact) mass is 178 g/mol. The van der Waals surface area contributed by atoms with Gasteiger partial charge < -0.3 is 0 Å². The lowest BCUT2D eigenvalue weighted by Crippen LogP contribution is -2.10. The molecule has 1 aromatic rings. The molecule has 0 fully saturated rings. The van der Waals surface area contributed by atoms with Gasteiger partial charge in [-0.05, 0) is 19.3 Å². The number of aromatic nitrogens is 2. The van der Waals surface area contributed by atoms with Crippen molar-refractivity contribution in [3.05, 3.63) is 23.8 Å². The van der Waals surface area contributed by atoms with Gasteiger partial charge in [-0.3, -0.25) is 9.97 Å². The highest BCUT2D eigenvalue weighted by Crippen LogP contribution is 2.27. The van der Waals surface area contributed by atoms with Crippen LogP contribution in [-0.4, -0.2) is 9.97 Å². The van der Waals surface area contributed by atoms with Crippen LogP contribution < -0.4 is 0 Å². The van der Waals surface area contributed by atoms with Crippen molar-refractivity contribution >= 4 is 0 Å². The van der Waals surface area contributed by atoms with Gasteiger partial charge in [0.25, 0.3) is 0 Å². The highest BCUT2D eigenvalue weighted by Gasteiger charge is 2.17. The normalized spacial score (nSPS) is 19.8. The van der Waals surface area contributed by atoms with Gasteiger partial charge in [0.1, 0.15) is 0 Å². The Morgan fingerprint density at radius 1 is 1.23 bits per heavy atom. The van der Waals surface area contributed by atoms with E-state index in [9.17, 15) is 0 Å². The minimum atomic E-state index is 0.618. The SMILES string of the molecule is CC.CC1CCCc2nccnc21. The average Bonchev–Trinajstić information content (AvgIpc) is 2.22. The van der Waals surface area contributed by atoms with Gasteiger partial charge in [0.05, 0.1) is 11.4 Å². The first-order valence-electron chi connectivity index (χ1n) is 5.17. The number of rotatable bonds is 0. The zero-order valence-corrected chi connectivity index (χ0v) is 8.75. The molecule has 0 saturated heterocycles. The third-order valence-electron chi connectivity index (χ3n) is 2.32. The first-order chi connectivity index (χ1) is 6.38. The van der Waals surface area contributed by atoms with Gasteiger partial charge in [-0.15, -0.1) is 0 Å². The first-order valence-corrected chi connectivity index (χ1v) is 5.17. The van der Waals surface area contributed by atoms with Crippen LogP contribution in [-0.2, 0) is 6.42 Å². The fraction of sp³-hybridized carbons (Fsp3) is 0.636. The molecule has 2 rings (SSSR count). The summed E-state index contributed by atoms with van der Waals surface area (Å²) in [5.74, 6) is 0.618. The Hall–Kier alpha value is -0.920. The largest absolute Gasteiger partial charge is 0.258 e. The Labute approximate surface area is 80.4 Å². The minimum absolute atomic E-state index is 0.618. The predicted molar refractivity (Wildman–Crippen MR) is 54.7 cm³/mol. The van der Waals surface area contributed by atoms with Crippen molar-refractivity contribution in [1.29, 1.82) is 0 Å². The second-order valence-corrected chi connectivity index (χ2v) is 3.18. The standard InChI is InChI=1S/C9H12N2.C2H6/c1-7-3-2-4-8-9(7)11-6-5-10-8;1-2/h5-7H,2-4H2,1H3;1-2H3. The molecule has 0 saturated carbocycles.